The van der Waals surface area contributed by atoms with Crippen molar-refractivity contribution >= 4 is 5.97 Å². The topological polar surface area (TPSA) is 70.7 Å². The van der Waals surface area contributed by atoms with Gasteiger partial charge in [-0.25, -0.2) is 4.79 Å². The summed E-state index contributed by atoms with van der Waals surface area (Å²) in [6.07, 6.45) is 3.84. The van der Waals surface area contributed by atoms with Gasteiger partial charge in [-0.05, 0) is 30.7 Å². The van der Waals surface area contributed by atoms with Gasteiger partial charge < -0.3 is 14.6 Å². The molecule has 3 unspecified atom stereocenters. The maximum Gasteiger partial charge on any atom is 0.339 e. The molecule has 1 saturated carbocycles. The molecule has 1 aromatic rings. The van der Waals surface area contributed by atoms with Crippen LogP contribution in [-0.2, 0) is 5.60 Å². The Hall–Kier alpha value is -1.29. The molecule has 1 heterocycles. The van der Waals surface area contributed by atoms with Crippen molar-refractivity contribution in [2.45, 2.75) is 38.7 Å². The monoisotopic (exact) mass is 238 g/mol. The highest BCUT2D eigenvalue weighted by atomic mass is 16.4. The molecule has 0 amide bonds. The van der Waals surface area contributed by atoms with E-state index in [9.17, 15) is 9.90 Å². The van der Waals surface area contributed by atoms with E-state index in [-0.39, 0.29) is 17.2 Å². The molecule has 1 aromatic heterocycles. The Morgan fingerprint density at radius 3 is 2.82 bits per heavy atom. The van der Waals surface area contributed by atoms with Crippen molar-refractivity contribution in [3.05, 3.63) is 23.7 Å². The summed E-state index contributed by atoms with van der Waals surface area (Å²) >= 11 is 0. The Morgan fingerprint density at radius 1 is 1.47 bits per heavy atom. The van der Waals surface area contributed by atoms with Crippen LogP contribution in [0.25, 0.3) is 0 Å². The van der Waals surface area contributed by atoms with Crippen molar-refractivity contribution in [3.63, 3.8) is 0 Å². The predicted molar refractivity (Wildman–Crippen MR) is 61.7 cm³/mol. The maximum atomic E-state index is 11.1. The second-order valence-electron chi connectivity index (χ2n) is 5.18. The van der Waals surface area contributed by atoms with Gasteiger partial charge in [-0.3, -0.25) is 0 Å². The fourth-order valence-electron chi connectivity index (χ4n) is 2.74. The molecule has 3 atom stereocenters. The van der Waals surface area contributed by atoms with Crippen LogP contribution in [-0.4, -0.2) is 16.2 Å². The molecule has 1 fully saturated rings. The van der Waals surface area contributed by atoms with Crippen molar-refractivity contribution in [1.29, 1.82) is 0 Å². The van der Waals surface area contributed by atoms with Gasteiger partial charge in [0.2, 0.25) is 0 Å². The second kappa shape index (κ2) is 4.18. The lowest BCUT2D eigenvalue weighted by atomic mass is 9.70. The zero-order valence-electron chi connectivity index (χ0n) is 10.1. The molecular formula is C13H18O4. The maximum absolute atomic E-state index is 11.1. The van der Waals surface area contributed by atoms with Crippen molar-refractivity contribution < 1.29 is 19.4 Å². The van der Waals surface area contributed by atoms with Crippen LogP contribution in [0.4, 0.5) is 0 Å². The summed E-state index contributed by atoms with van der Waals surface area (Å²) in [5.74, 6) is -0.442. The molecule has 0 bridgehead atoms. The summed E-state index contributed by atoms with van der Waals surface area (Å²) in [6, 6.07) is 1.40. The molecule has 1 aliphatic rings. The fraction of sp³-hybridized carbons (Fsp3) is 0.615. The second-order valence-corrected chi connectivity index (χ2v) is 5.18. The first-order valence-corrected chi connectivity index (χ1v) is 5.98. The highest BCUT2D eigenvalue weighted by Crippen LogP contribution is 2.45. The molecule has 0 aliphatic heterocycles. The number of rotatable bonds is 2. The first kappa shape index (κ1) is 12.2. The third-order valence-electron chi connectivity index (χ3n) is 3.86. The number of aliphatic hydroxyl groups is 1. The van der Waals surface area contributed by atoms with E-state index in [4.69, 9.17) is 9.52 Å². The Morgan fingerprint density at radius 2 is 2.18 bits per heavy atom. The number of hydrogen-bond acceptors (Lipinski definition) is 3. The molecule has 2 N–H and O–H groups in total. The minimum absolute atomic E-state index is 0.0166. The molecule has 94 valence electrons. The molecule has 2 rings (SSSR count). The first-order valence-electron chi connectivity index (χ1n) is 5.98. The molecule has 1 aliphatic carbocycles. The third kappa shape index (κ3) is 1.97. The van der Waals surface area contributed by atoms with E-state index in [1.54, 1.807) is 0 Å². The SMILES string of the molecule is CC1CCC(C)C(O)(c2occc2C(=O)O)C1. The smallest absolute Gasteiger partial charge is 0.339 e. The summed E-state index contributed by atoms with van der Waals surface area (Å²) in [5.41, 5.74) is -1.07. The molecule has 0 radical (unpaired) electrons. The fourth-order valence-corrected chi connectivity index (χ4v) is 2.74. The number of carboxylic acids is 1. The van der Waals surface area contributed by atoms with Crippen molar-refractivity contribution in [2.24, 2.45) is 11.8 Å². The van der Waals surface area contributed by atoms with Crippen LogP contribution in [0.15, 0.2) is 16.7 Å². The average molecular weight is 238 g/mol. The van der Waals surface area contributed by atoms with E-state index < -0.39 is 11.6 Å². The standard InChI is InChI=1S/C13H18O4/c1-8-3-4-9(2)13(16,7-8)11-10(12(14)15)5-6-17-11/h5-6,8-9,16H,3-4,7H2,1-2H3,(H,14,15). The van der Waals surface area contributed by atoms with Crippen LogP contribution < -0.4 is 0 Å². The van der Waals surface area contributed by atoms with E-state index in [0.29, 0.717) is 12.3 Å². The highest BCUT2D eigenvalue weighted by molar-refractivity contribution is 5.89. The molecular weight excluding hydrogens is 220 g/mol. The summed E-state index contributed by atoms with van der Waals surface area (Å²) in [4.78, 5) is 11.1. The summed E-state index contributed by atoms with van der Waals surface area (Å²) < 4.78 is 5.26. The number of carbonyl (C=O) groups is 1. The Bertz CT molecular complexity index is 423. The van der Waals surface area contributed by atoms with Crippen LogP contribution in [0.2, 0.25) is 0 Å². The van der Waals surface area contributed by atoms with Crippen LogP contribution in [0.1, 0.15) is 49.2 Å². The van der Waals surface area contributed by atoms with Crippen molar-refractivity contribution in [2.75, 3.05) is 0 Å². The highest BCUT2D eigenvalue weighted by Gasteiger charge is 2.44. The Balaban J connectivity index is 2.42. The van der Waals surface area contributed by atoms with Gasteiger partial charge in [0.1, 0.15) is 16.9 Å². The number of hydrogen-bond donors (Lipinski definition) is 2. The molecule has 0 saturated heterocycles. The molecule has 4 nitrogen and oxygen atoms in total. The van der Waals surface area contributed by atoms with E-state index in [2.05, 4.69) is 6.92 Å². The largest absolute Gasteiger partial charge is 0.478 e. The minimum atomic E-state index is -1.14. The summed E-state index contributed by atoms with van der Waals surface area (Å²) in [7, 11) is 0. The first-order chi connectivity index (χ1) is 7.95. The summed E-state index contributed by atoms with van der Waals surface area (Å²) in [5, 5.41) is 19.8. The van der Waals surface area contributed by atoms with Gasteiger partial charge in [0.15, 0.2) is 0 Å². The van der Waals surface area contributed by atoms with E-state index in [1.807, 2.05) is 6.92 Å². The van der Waals surface area contributed by atoms with Crippen LogP contribution in [0.3, 0.4) is 0 Å². The van der Waals surface area contributed by atoms with Gasteiger partial charge in [0.25, 0.3) is 0 Å². The van der Waals surface area contributed by atoms with Gasteiger partial charge >= 0.3 is 5.97 Å². The lowest BCUT2D eigenvalue weighted by molar-refractivity contribution is -0.0789. The van der Waals surface area contributed by atoms with Gasteiger partial charge in [-0.2, -0.15) is 0 Å². The molecule has 0 aromatic carbocycles. The van der Waals surface area contributed by atoms with Crippen LogP contribution >= 0.6 is 0 Å². The van der Waals surface area contributed by atoms with Crippen LogP contribution in [0.5, 0.6) is 0 Å². The molecule has 4 heteroatoms. The molecule has 17 heavy (non-hydrogen) atoms. The zero-order chi connectivity index (χ0) is 12.6. The average Bonchev–Trinajstić information content (AvgIpc) is 2.73. The van der Waals surface area contributed by atoms with Gasteiger partial charge in [0.05, 0.1) is 6.26 Å². The van der Waals surface area contributed by atoms with Crippen molar-refractivity contribution in [3.8, 4) is 0 Å². The Kier molecular flexibility index (Phi) is 3.00. The van der Waals surface area contributed by atoms with E-state index >= 15 is 0 Å². The third-order valence-corrected chi connectivity index (χ3v) is 3.86. The predicted octanol–water partition coefficient (Wildman–Crippen LogP) is 2.62. The van der Waals surface area contributed by atoms with Gasteiger partial charge in [-0.15, -0.1) is 0 Å². The summed E-state index contributed by atoms with van der Waals surface area (Å²) in [6.45, 7) is 4.01. The van der Waals surface area contributed by atoms with E-state index in [0.717, 1.165) is 12.8 Å². The normalized spacial score (nSPS) is 33.6. The quantitative estimate of drug-likeness (QED) is 0.830. The lowest BCUT2D eigenvalue weighted by Crippen LogP contribution is -2.39. The van der Waals surface area contributed by atoms with Crippen LogP contribution in [0, 0.1) is 11.8 Å². The minimum Gasteiger partial charge on any atom is -0.478 e. The number of carboxylic acid groups (broad SMARTS) is 1. The zero-order valence-corrected chi connectivity index (χ0v) is 10.1. The molecule has 0 spiro atoms. The number of furan rings is 1. The Labute approximate surface area is 100 Å². The number of aromatic carboxylic acids is 1. The lowest BCUT2D eigenvalue weighted by Gasteiger charge is -2.39. The van der Waals surface area contributed by atoms with Gasteiger partial charge in [0, 0.05) is 0 Å². The van der Waals surface area contributed by atoms with E-state index in [1.165, 1.54) is 12.3 Å². The van der Waals surface area contributed by atoms with Gasteiger partial charge in [-0.1, -0.05) is 20.3 Å². The van der Waals surface area contributed by atoms with Crippen molar-refractivity contribution in [1.82, 2.24) is 0 Å².